The number of nitro groups is 1. The molecule has 0 spiro atoms. The fourth-order valence-corrected chi connectivity index (χ4v) is 1.96. The second kappa shape index (κ2) is 6.29. The molecule has 0 aliphatic heterocycles. The van der Waals surface area contributed by atoms with Crippen molar-refractivity contribution >= 4 is 38.9 Å². The number of hydrazine groups is 1. The number of nitrogens with zero attached hydrogens (tertiary/aromatic N) is 2. The number of nitrogens with one attached hydrogen (secondary N) is 2. The number of hydrogen-bond donors (Lipinski definition) is 3. The normalized spacial score (nSPS) is 10.0. The maximum Gasteiger partial charge on any atom is 0.271 e. The fourth-order valence-electron chi connectivity index (χ4n) is 1.61. The molecule has 1 amide bonds. The molecule has 0 aliphatic carbocycles. The Morgan fingerprint density at radius 1 is 1.33 bits per heavy atom. The first-order valence-electron chi connectivity index (χ1n) is 5.69. The minimum atomic E-state index is -0.543. The average Bonchev–Trinajstić information content (AvgIpc) is 2.49. The van der Waals surface area contributed by atoms with Crippen LogP contribution in [0.25, 0.3) is 0 Å². The number of carbonyl (C=O) groups excluding carboxylic acids is 1. The van der Waals surface area contributed by atoms with Gasteiger partial charge in [-0.15, -0.1) is 0 Å². The summed E-state index contributed by atoms with van der Waals surface area (Å²) in [5.74, 6) is 4.83. The lowest BCUT2D eigenvalue weighted by atomic mass is 10.2. The number of benzene rings is 1. The van der Waals surface area contributed by atoms with Gasteiger partial charge >= 0.3 is 0 Å². The van der Waals surface area contributed by atoms with E-state index in [1.165, 1.54) is 36.7 Å². The van der Waals surface area contributed by atoms with Crippen molar-refractivity contribution in [3.63, 3.8) is 0 Å². The molecule has 0 saturated carbocycles. The van der Waals surface area contributed by atoms with E-state index in [-0.39, 0.29) is 16.9 Å². The van der Waals surface area contributed by atoms with Gasteiger partial charge in [0.15, 0.2) is 0 Å². The number of carbonyl (C=O) groups is 1. The second-order valence-corrected chi connectivity index (χ2v) is 4.80. The van der Waals surface area contributed by atoms with Gasteiger partial charge in [0, 0.05) is 29.0 Å². The van der Waals surface area contributed by atoms with Crippen LogP contribution in [-0.2, 0) is 0 Å². The quantitative estimate of drug-likeness (QED) is 0.441. The molecular formula is C12H10BrN5O3. The van der Waals surface area contributed by atoms with Crippen molar-refractivity contribution in [2.75, 3.05) is 10.7 Å². The lowest BCUT2D eigenvalue weighted by Crippen LogP contribution is -2.17. The van der Waals surface area contributed by atoms with Crippen molar-refractivity contribution in [1.82, 2.24) is 4.98 Å². The zero-order chi connectivity index (χ0) is 15.4. The van der Waals surface area contributed by atoms with Crippen LogP contribution in [0.1, 0.15) is 10.4 Å². The van der Waals surface area contributed by atoms with E-state index in [0.29, 0.717) is 10.2 Å². The van der Waals surface area contributed by atoms with Crippen LogP contribution in [0.15, 0.2) is 41.1 Å². The van der Waals surface area contributed by atoms with Gasteiger partial charge in [-0.3, -0.25) is 25.7 Å². The molecule has 0 fully saturated rings. The van der Waals surface area contributed by atoms with Gasteiger partial charge < -0.3 is 10.7 Å². The summed E-state index contributed by atoms with van der Waals surface area (Å²) in [4.78, 5) is 26.3. The lowest BCUT2D eigenvalue weighted by Gasteiger charge is -2.10. The molecule has 0 aliphatic rings. The number of pyridine rings is 1. The third-order valence-electron chi connectivity index (χ3n) is 2.63. The number of non-ortho nitro benzene ring substituents is 1. The number of hydrogen-bond acceptors (Lipinski definition) is 6. The molecule has 0 bridgehead atoms. The molecule has 1 aromatic carbocycles. The molecule has 4 N–H and O–H groups in total. The monoisotopic (exact) mass is 351 g/mol. The van der Waals surface area contributed by atoms with Gasteiger partial charge in [-0.25, -0.2) is 0 Å². The Bertz CT molecular complexity index is 707. The summed E-state index contributed by atoms with van der Waals surface area (Å²) in [5, 5.41) is 13.3. The van der Waals surface area contributed by atoms with E-state index >= 15 is 0 Å². The summed E-state index contributed by atoms with van der Waals surface area (Å²) in [6, 6.07) is 5.61. The molecule has 2 rings (SSSR count). The second-order valence-electron chi connectivity index (χ2n) is 3.94. The summed E-state index contributed by atoms with van der Waals surface area (Å²) in [6.45, 7) is 0. The smallest absolute Gasteiger partial charge is 0.271 e. The van der Waals surface area contributed by atoms with E-state index in [0.717, 1.165) is 0 Å². The molecule has 0 unspecified atom stereocenters. The number of anilines is 2. The summed E-state index contributed by atoms with van der Waals surface area (Å²) in [6.07, 6.45) is 2.82. The first-order chi connectivity index (χ1) is 10.0. The molecule has 108 valence electrons. The van der Waals surface area contributed by atoms with Gasteiger partial charge in [-0.05, 0) is 28.1 Å². The van der Waals surface area contributed by atoms with Crippen LogP contribution in [-0.4, -0.2) is 15.8 Å². The number of aromatic nitrogens is 1. The van der Waals surface area contributed by atoms with E-state index in [1.807, 2.05) is 0 Å². The summed E-state index contributed by atoms with van der Waals surface area (Å²) < 4.78 is 0.521. The summed E-state index contributed by atoms with van der Waals surface area (Å²) >= 11 is 3.22. The SMILES string of the molecule is NNc1ccncc1C(=O)Nc1cc([N+](=O)[O-])ccc1Br. The highest BCUT2D eigenvalue weighted by Gasteiger charge is 2.15. The van der Waals surface area contributed by atoms with Crippen LogP contribution in [0.5, 0.6) is 0 Å². The van der Waals surface area contributed by atoms with Crippen LogP contribution in [0.4, 0.5) is 17.1 Å². The van der Waals surface area contributed by atoms with Crippen molar-refractivity contribution in [2.24, 2.45) is 5.84 Å². The highest BCUT2D eigenvalue weighted by atomic mass is 79.9. The fraction of sp³-hybridized carbons (Fsp3) is 0. The van der Waals surface area contributed by atoms with Crippen molar-refractivity contribution in [1.29, 1.82) is 0 Å². The van der Waals surface area contributed by atoms with Crippen molar-refractivity contribution in [3.05, 3.63) is 56.8 Å². The van der Waals surface area contributed by atoms with Gasteiger partial charge in [0.05, 0.1) is 21.9 Å². The van der Waals surface area contributed by atoms with E-state index in [4.69, 9.17) is 5.84 Å². The van der Waals surface area contributed by atoms with Crippen molar-refractivity contribution in [2.45, 2.75) is 0 Å². The molecule has 1 aromatic heterocycles. The molecule has 2 aromatic rings. The van der Waals surface area contributed by atoms with E-state index in [9.17, 15) is 14.9 Å². The van der Waals surface area contributed by atoms with Crippen molar-refractivity contribution < 1.29 is 9.72 Å². The molecule has 0 saturated heterocycles. The molecule has 21 heavy (non-hydrogen) atoms. The molecular weight excluding hydrogens is 342 g/mol. The Kier molecular flexibility index (Phi) is 4.45. The Balaban J connectivity index is 2.31. The third kappa shape index (κ3) is 3.33. The summed E-state index contributed by atoms with van der Waals surface area (Å²) in [5.41, 5.74) is 3.15. The number of nitrogen functional groups attached to an aromatic ring is 1. The van der Waals surface area contributed by atoms with Crippen LogP contribution < -0.4 is 16.6 Å². The lowest BCUT2D eigenvalue weighted by molar-refractivity contribution is -0.384. The molecule has 9 heteroatoms. The van der Waals surface area contributed by atoms with Crippen LogP contribution in [0.2, 0.25) is 0 Å². The zero-order valence-corrected chi connectivity index (χ0v) is 12.1. The van der Waals surface area contributed by atoms with Gasteiger partial charge in [0.2, 0.25) is 0 Å². The Hall–Kier alpha value is -2.52. The highest BCUT2D eigenvalue weighted by molar-refractivity contribution is 9.10. The van der Waals surface area contributed by atoms with Gasteiger partial charge in [0.1, 0.15) is 0 Å². The number of amides is 1. The maximum absolute atomic E-state index is 12.2. The van der Waals surface area contributed by atoms with Crippen LogP contribution in [0.3, 0.4) is 0 Å². The molecule has 0 atom stereocenters. The Labute approximate surface area is 127 Å². The average molecular weight is 352 g/mol. The standard InChI is InChI=1S/C12H10BrN5O3/c13-9-2-1-7(18(20)21)5-11(9)16-12(19)8-6-15-4-3-10(8)17-14/h1-6H,14H2,(H,15,17)(H,16,19). The number of halogens is 1. The molecule has 1 heterocycles. The molecule has 0 radical (unpaired) electrons. The topological polar surface area (TPSA) is 123 Å². The van der Waals surface area contributed by atoms with Gasteiger partial charge in [0.25, 0.3) is 11.6 Å². The molecule has 8 nitrogen and oxygen atoms in total. The maximum atomic E-state index is 12.2. The third-order valence-corrected chi connectivity index (χ3v) is 3.32. The largest absolute Gasteiger partial charge is 0.323 e. The first-order valence-corrected chi connectivity index (χ1v) is 6.48. The van der Waals surface area contributed by atoms with E-state index in [1.54, 1.807) is 0 Å². The Morgan fingerprint density at radius 3 is 2.76 bits per heavy atom. The highest BCUT2D eigenvalue weighted by Crippen LogP contribution is 2.28. The Morgan fingerprint density at radius 2 is 2.10 bits per heavy atom. The van der Waals surface area contributed by atoms with Crippen LogP contribution >= 0.6 is 15.9 Å². The minimum Gasteiger partial charge on any atom is -0.323 e. The van der Waals surface area contributed by atoms with Gasteiger partial charge in [-0.2, -0.15) is 0 Å². The predicted molar refractivity (Wildman–Crippen MR) is 80.8 cm³/mol. The van der Waals surface area contributed by atoms with Gasteiger partial charge in [-0.1, -0.05) is 0 Å². The van der Waals surface area contributed by atoms with Crippen LogP contribution in [0, 0.1) is 10.1 Å². The predicted octanol–water partition coefficient (Wildman–Crippen LogP) is 2.29. The summed E-state index contributed by atoms with van der Waals surface area (Å²) in [7, 11) is 0. The number of nitro benzene ring substituents is 1. The zero-order valence-electron chi connectivity index (χ0n) is 10.5. The minimum absolute atomic E-state index is 0.128. The number of rotatable bonds is 4. The van der Waals surface area contributed by atoms with E-state index in [2.05, 4.69) is 31.7 Å². The first kappa shape index (κ1) is 14.9. The van der Waals surface area contributed by atoms with E-state index < -0.39 is 10.8 Å². The van der Waals surface area contributed by atoms with Crippen molar-refractivity contribution in [3.8, 4) is 0 Å². The number of nitrogens with two attached hydrogens (primary N) is 1.